The predicted molar refractivity (Wildman–Crippen MR) is 84.9 cm³/mol. The molecule has 0 spiro atoms. The van der Waals surface area contributed by atoms with Crippen LogP contribution in [-0.4, -0.2) is 24.5 Å². The number of nitrogens with one attached hydrogen (secondary N) is 2. The van der Waals surface area contributed by atoms with E-state index in [4.69, 9.17) is 4.74 Å². The van der Waals surface area contributed by atoms with Crippen LogP contribution < -0.4 is 15.4 Å². The molecule has 0 fully saturated rings. The Morgan fingerprint density at radius 1 is 1.48 bits per heavy atom. The van der Waals surface area contributed by atoms with Crippen molar-refractivity contribution in [3.63, 3.8) is 0 Å². The summed E-state index contributed by atoms with van der Waals surface area (Å²) >= 11 is 1.63. The Hall–Kier alpha value is -1.92. The molecule has 0 saturated carbocycles. The van der Waals surface area contributed by atoms with E-state index in [-0.39, 0.29) is 18.5 Å². The molecule has 1 aromatic carbocycles. The van der Waals surface area contributed by atoms with Crippen molar-refractivity contribution in [2.45, 2.75) is 19.9 Å². The van der Waals surface area contributed by atoms with Crippen LogP contribution in [0.2, 0.25) is 0 Å². The maximum absolute atomic E-state index is 11.9. The fraction of sp³-hybridized carbons (Fsp3) is 0.333. The molecule has 112 valence electrons. The van der Waals surface area contributed by atoms with E-state index in [2.05, 4.69) is 15.6 Å². The van der Waals surface area contributed by atoms with E-state index in [1.54, 1.807) is 24.5 Å². The second-order valence-electron chi connectivity index (χ2n) is 4.69. The van der Waals surface area contributed by atoms with Crippen LogP contribution in [0.25, 0.3) is 0 Å². The van der Waals surface area contributed by atoms with Crippen molar-refractivity contribution >= 4 is 22.9 Å². The number of hydrogen-bond donors (Lipinski definition) is 2. The second kappa shape index (κ2) is 7.19. The summed E-state index contributed by atoms with van der Waals surface area (Å²) in [7, 11) is 1.60. The molecule has 2 N–H and O–H groups in total. The van der Waals surface area contributed by atoms with Gasteiger partial charge in [0, 0.05) is 22.8 Å². The van der Waals surface area contributed by atoms with Crippen molar-refractivity contribution in [2.75, 3.05) is 19.0 Å². The number of hydrogen-bond acceptors (Lipinski definition) is 5. The molecular formula is C15H19N3O2S. The minimum atomic E-state index is -0.0941. The molecule has 1 aromatic heterocycles. The molecule has 5 nitrogen and oxygen atoms in total. The number of nitrogens with zero attached hydrogens (tertiary/aromatic N) is 1. The zero-order chi connectivity index (χ0) is 15.2. The van der Waals surface area contributed by atoms with E-state index in [0.29, 0.717) is 5.75 Å². The molecule has 0 aliphatic rings. The highest BCUT2D eigenvalue weighted by Crippen LogP contribution is 2.19. The summed E-state index contributed by atoms with van der Waals surface area (Å²) in [5.74, 6) is 0.621. The molecule has 1 amide bonds. The number of anilines is 1. The average molecular weight is 305 g/mol. The first kappa shape index (κ1) is 15.5. The van der Waals surface area contributed by atoms with Crippen LogP contribution in [0.3, 0.4) is 0 Å². The monoisotopic (exact) mass is 305 g/mol. The van der Waals surface area contributed by atoms with Gasteiger partial charge in [-0.2, -0.15) is 0 Å². The number of ether oxygens (including phenoxy) is 1. The zero-order valence-electron chi connectivity index (χ0n) is 12.3. The summed E-state index contributed by atoms with van der Waals surface area (Å²) in [5, 5.41) is 6.98. The molecule has 0 radical (unpaired) electrons. The lowest BCUT2D eigenvalue weighted by atomic mass is 10.3. The first-order chi connectivity index (χ1) is 10.1. The highest BCUT2D eigenvalue weighted by molar-refractivity contribution is 7.11. The van der Waals surface area contributed by atoms with Crippen LogP contribution in [0, 0.1) is 6.92 Å². The molecule has 1 heterocycles. The molecule has 6 heteroatoms. The van der Waals surface area contributed by atoms with Gasteiger partial charge in [0.2, 0.25) is 5.91 Å². The molecule has 0 saturated heterocycles. The lowest BCUT2D eigenvalue weighted by Gasteiger charge is -2.11. The Morgan fingerprint density at radius 2 is 2.29 bits per heavy atom. The minimum Gasteiger partial charge on any atom is -0.497 e. The van der Waals surface area contributed by atoms with Crippen LogP contribution >= 0.6 is 11.3 Å². The summed E-state index contributed by atoms with van der Waals surface area (Å²) < 4.78 is 5.12. The maximum atomic E-state index is 11.9. The smallest absolute Gasteiger partial charge is 0.238 e. The summed E-state index contributed by atoms with van der Waals surface area (Å²) in [6, 6.07) is 7.34. The van der Waals surface area contributed by atoms with Crippen LogP contribution in [0.4, 0.5) is 5.69 Å². The number of benzene rings is 1. The van der Waals surface area contributed by atoms with E-state index < -0.39 is 0 Å². The molecule has 0 aliphatic heterocycles. The summed E-state index contributed by atoms with van der Waals surface area (Å²) in [4.78, 5) is 17.4. The van der Waals surface area contributed by atoms with E-state index in [9.17, 15) is 4.79 Å². The van der Waals surface area contributed by atoms with E-state index in [0.717, 1.165) is 10.7 Å². The topological polar surface area (TPSA) is 63.2 Å². The minimum absolute atomic E-state index is 0.0553. The SMILES string of the molecule is COc1cccc(NC(=O)CNC(C)c2ncc(C)s2)c1. The number of aromatic nitrogens is 1. The zero-order valence-corrected chi connectivity index (χ0v) is 13.2. The first-order valence-electron chi connectivity index (χ1n) is 6.68. The summed E-state index contributed by atoms with van der Waals surface area (Å²) in [5.41, 5.74) is 0.721. The quantitative estimate of drug-likeness (QED) is 0.861. The van der Waals surface area contributed by atoms with Crippen molar-refractivity contribution in [3.8, 4) is 5.75 Å². The lowest BCUT2D eigenvalue weighted by Crippen LogP contribution is -2.30. The van der Waals surface area contributed by atoms with Gasteiger partial charge in [-0.05, 0) is 26.0 Å². The second-order valence-corrected chi connectivity index (χ2v) is 5.96. The van der Waals surface area contributed by atoms with Gasteiger partial charge in [-0.3, -0.25) is 10.1 Å². The van der Waals surface area contributed by atoms with Crippen LogP contribution in [0.15, 0.2) is 30.5 Å². The Morgan fingerprint density at radius 3 is 2.95 bits per heavy atom. The van der Waals surface area contributed by atoms with Gasteiger partial charge in [0.15, 0.2) is 0 Å². The molecule has 2 aromatic rings. The predicted octanol–water partition coefficient (Wildman–Crippen LogP) is 2.75. The van der Waals surface area contributed by atoms with Gasteiger partial charge in [0.25, 0.3) is 0 Å². The summed E-state index contributed by atoms with van der Waals surface area (Å²) in [6.45, 7) is 4.25. The number of aryl methyl sites for hydroxylation is 1. The third kappa shape index (κ3) is 4.54. The Balaban J connectivity index is 1.84. The number of methoxy groups -OCH3 is 1. The molecule has 1 unspecified atom stereocenters. The third-order valence-corrected chi connectivity index (χ3v) is 4.03. The number of thiazole rings is 1. The van der Waals surface area contributed by atoms with Gasteiger partial charge in [-0.1, -0.05) is 6.07 Å². The maximum Gasteiger partial charge on any atom is 0.238 e. The Bertz CT molecular complexity index is 612. The molecule has 21 heavy (non-hydrogen) atoms. The number of rotatable bonds is 6. The van der Waals surface area contributed by atoms with Gasteiger partial charge in [0.05, 0.1) is 19.7 Å². The molecular weight excluding hydrogens is 286 g/mol. The number of carbonyl (C=O) groups is 1. The van der Waals surface area contributed by atoms with E-state index in [1.165, 1.54) is 4.88 Å². The largest absolute Gasteiger partial charge is 0.497 e. The van der Waals surface area contributed by atoms with Crippen molar-refractivity contribution in [2.24, 2.45) is 0 Å². The van der Waals surface area contributed by atoms with Gasteiger partial charge in [-0.15, -0.1) is 11.3 Å². The van der Waals surface area contributed by atoms with E-state index in [1.807, 2.05) is 38.2 Å². The Kier molecular flexibility index (Phi) is 5.30. The standard InChI is InChI=1S/C15H19N3O2S/c1-10-8-17-15(21-10)11(2)16-9-14(19)18-12-5-4-6-13(7-12)20-3/h4-8,11,16H,9H2,1-3H3,(H,18,19). The van der Waals surface area contributed by atoms with Crippen molar-refractivity contribution in [1.82, 2.24) is 10.3 Å². The van der Waals surface area contributed by atoms with Crippen LogP contribution in [0.1, 0.15) is 22.9 Å². The third-order valence-electron chi connectivity index (χ3n) is 2.93. The van der Waals surface area contributed by atoms with Gasteiger partial charge in [-0.25, -0.2) is 4.98 Å². The first-order valence-corrected chi connectivity index (χ1v) is 7.49. The lowest BCUT2D eigenvalue weighted by molar-refractivity contribution is -0.115. The van der Waals surface area contributed by atoms with Crippen molar-refractivity contribution in [3.05, 3.63) is 40.3 Å². The van der Waals surface area contributed by atoms with Crippen LogP contribution in [0.5, 0.6) is 5.75 Å². The average Bonchev–Trinajstić information content (AvgIpc) is 2.91. The van der Waals surface area contributed by atoms with E-state index >= 15 is 0 Å². The van der Waals surface area contributed by atoms with Gasteiger partial charge >= 0.3 is 0 Å². The summed E-state index contributed by atoms with van der Waals surface area (Å²) in [6.07, 6.45) is 1.84. The number of amides is 1. The van der Waals surface area contributed by atoms with Crippen molar-refractivity contribution in [1.29, 1.82) is 0 Å². The molecule has 0 bridgehead atoms. The fourth-order valence-corrected chi connectivity index (χ4v) is 2.61. The van der Waals surface area contributed by atoms with Gasteiger partial charge < -0.3 is 10.1 Å². The highest BCUT2D eigenvalue weighted by Gasteiger charge is 2.11. The Labute approximate surface area is 128 Å². The van der Waals surface area contributed by atoms with Crippen molar-refractivity contribution < 1.29 is 9.53 Å². The number of carbonyl (C=O) groups excluding carboxylic acids is 1. The normalized spacial score (nSPS) is 12.0. The highest BCUT2D eigenvalue weighted by atomic mass is 32.1. The molecule has 1 atom stereocenters. The molecule has 0 aliphatic carbocycles. The fourth-order valence-electron chi connectivity index (χ4n) is 1.81. The van der Waals surface area contributed by atoms with Crippen LogP contribution in [-0.2, 0) is 4.79 Å². The van der Waals surface area contributed by atoms with Gasteiger partial charge in [0.1, 0.15) is 10.8 Å². The molecule has 2 rings (SSSR count).